The molecule has 0 fully saturated rings. The lowest BCUT2D eigenvalue weighted by Gasteiger charge is -2.07. The Hall–Kier alpha value is -2.30. The Bertz CT molecular complexity index is 529. The van der Waals surface area contributed by atoms with Gasteiger partial charge in [0.15, 0.2) is 0 Å². The van der Waals surface area contributed by atoms with Crippen molar-refractivity contribution in [3.05, 3.63) is 42.2 Å². The Morgan fingerprint density at radius 3 is 2.75 bits per heavy atom. The van der Waals surface area contributed by atoms with Crippen LogP contribution in [-0.4, -0.2) is 28.2 Å². The molecule has 0 atom stereocenters. The third-order valence-corrected chi connectivity index (χ3v) is 2.75. The summed E-state index contributed by atoms with van der Waals surface area (Å²) in [5, 5.41) is 12.4. The van der Waals surface area contributed by atoms with E-state index >= 15 is 0 Å². The fourth-order valence-electron chi connectivity index (χ4n) is 1.72. The van der Waals surface area contributed by atoms with Gasteiger partial charge >= 0.3 is 0 Å². The highest BCUT2D eigenvalue weighted by atomic mass is 16.5. The number of ether oxygens (including phenoxy) is 1. The fraction of sp³-hybridized carbons (Fsp3) is 0.333. The van der Waals surface area contributed by atoms with E-state index in [0.29, 0.717) is 12.5 Å². The lowest BCUT2D eigenvalue weighted by atomic mass is 10.1. The van der Waals surface area contributed by atoms with Gasteiger partial charge in [-0.15, -0.1) is 0 Å². The predicted octanol–water partition coefficient (Wildman–Crippen LogP) is 2.63. The normalized spacial score (nSPS) is 10.2. The molecule has 0 spiro atoms. The first-order valence-corrected chi connectivity index (χ1v) is 6.74. The van der Waals surface area contributed by atoms with Gasteiger partial charge in [0.25, 0.3) is 0 Å². The molecule has 0 aliphatic rings. The van der Waals surface area contributed by atoms with Crippen molar-refractivity contribution in [2.24, 2.45) is 0 Å². The van der Waals surface area contributed by atoms with Crippen LogP contribution in [0.3, 0.4) is 0 Å². The molecule has 0 radical (unpaired) electrons. The van der Waals surface area contributed by atoms with Crippen LogP contribution in [0.5, 0.6) is 11.6 Å². The van der Waals surface area contributed by atoms with E-state index in [0.717, 1.165) is 30.8 Å². The predicted molar refractivity (Wildman–Crippen MR) is 78.1 cm³/mol. The number of aromatic nitrogens is 2. The van der Waals surface area contributed by atoms with Gasteiger partial charge in [-0.2, -0.15) is 0 Å². The first-order chi connectivity index (χ1) is 9.78. The Kier molecular flexibility index (Phi) is 5.17. The SMILES string of the molecule is CCCOc1cc(NCCc2ccc(O)cc2)ncn1. The van der Waals surface area contributed by atoms with Crippen molar-refractivity contribution in [1.29, 1.82) is 0 Å². The van der Waals surface area contributed by atoms with Crippen LogP contribution in [0.25, 0.3) is 0 Å². The van der Waals surface area contributed by atoms with Gasteiger partial charge in [-0.25, -0.2) is 9.97 Å². The molecule has 0 saturated heterocycles. The summed E-state index contributed by atoms with van der Waals surface area (Å²) in [5.41, 5.74) is 1.16. The topological polar surface area (TPSA) is 67.3 Å². The maximum Gasteiger partial charge on any atom is 0.218 e. The smallest absolute Gasteiger partial charge is 0.218 e. The number of phenolic OH excluding ortho intramolecular Hbond substituents is 1. The molecule has 5 nitrogen and oxygen atoms in total. The molecular formula is C15H19N3O2. The van der Waals surface area contributed by atoms with Gasteiger partial charge in [0.05, 0.1) is 6.61 Å². The quantitative estimate of drug-likeness (QED) is 0.811. The van der Waals surface area contributed by atoms with Crippen molar-refractivity contribution >= 4 is 5.82 Å². The second-order valence-corrected chi connectivity index (χ2v) is 4.43. The molecule has 0 bridgehead atoms. The number of hydrogen-bond donors (Lipinski definition) is 2. The molecule has 5 heteroatoms. The Labute approximate surface area is 118 Å². The molecule has 2 rings (SSSR count). The summed E-state index contributed by atoms with van der Waals surface area (Å²) in [7, 11) is 0. The Morgan fingerprint density at radius 2 is 2.00 bits per heavy atom. The highest BCUT2D eigenvalue weighted by Crippen LogP contribution is 2.12. The zero-order valence-electron chi connectivity index (χ0n) is 11.5. The van der Waals surface area contributed by atoms with Crippen molar-refractivity contribution in [2.45, 2.75) is 19.8 Å². The second kappa shape index (κ2) is 7.33. The van der Waals surface area contributed by atoms with Crippen LogP contribution in [-0.2, 0) is 6.42 Å². The van der Waals surface area contributed by atoms with Crippen molar-refractivity contribution < 1.29 is 9.84 Å². The van der Waals surface area contributed by atoms with Crippen LogP contribution in [0.1, 0.15) is 18.9 Å². The summed E-state index contributed by atoms with van der Waals surface area (Å²) in [6.45, 7) is 3.47. The highest BCUT2D eigenvalue weighted by Gasteiger charge is 1.99. The average Bonchev–Trinajstić information content (AvgIpc) is 2.48. The summed E-state index contributed by atoms with van der Waals surface area (Å²) in [6.07, 6.45) is 3.30. The lowest BCUT2D eigenvalue weighted by molar-refractivity contribution is 0.305. The van der Waals surface area contributed by atoms with E-state index in [1.54, 1.807) is 18.2 Å². The van der Waals surface area contributed by atoms with Crippen molar-refractivity contribution in [2.75, 3.05) is 18.5 Å². The molecule has 1 aromatic carbocycles. The van der Waals surface area contributed by atoms with Gasteiger partial charge in [-0.3, -0.25) is 0 Å². The van der Waals surface area contributed by atoms with Crippen LogP contribution >= 0.6 is 0 Å². The number of nitrogens with one attached hydrogen (secondary N) is 1. The van der Waals surface area contributed by atoms with Crippen LogP contribution in [0, 0.1) is 0 Å². The maximum absolute atomic E-state index is 9.22. The summed E-state index contributed by atoms with van der Waals surface area (Å²) < 4.78 is 5.45. The van der Waals surface area contributed by atoms with E-state index in [1.165, 1.54) is 6.33 Å². The van der Waals surface area contributed by atoms with Gasteiger partial charge in [-0.05, 0) is 30.5 Å². The van der Waals surface area contributed by atoms with E-state index < -0.39 is 0 Å². The minimum atomic E-state index is 0.287. The van der Waals surface area contributed by atoms with Gasteiger partial charge < -0.3 is 15.2 Å². The monoisotopic (exact) mass is 273 g/mol. The number of phenols is 1. The summed E-state index contributed by atoms with van der Waals surface area (Å²) in [5.74, 6) is 1.63. The average molecular weight is 273 g/mol. The van der Waals surface area contributed by atoms with E-state index in [9.17, 15) is 5.11 Å². The molecule has 106 valence electrons. The third kappa shape index (κ3) is 4.42. The molecule has 0 amide bonds. The second-order valence-electron chi connectivity index (χ2n) is 4.43. The van der Waals surface area contributed by atoms with E-state index in [4.69, 9.17) is 4.74 Å². The van der Waals surface area contributed by atoms with E-state index in [2.05, 4.69) is 22.2 Å². The first kappa shape index (κ1) is 14.1. The summed E-state index contributed by atoms with van der Waals surface area (Å²) in [4.78, 5) is 8.20. The molecule has 2 N–H and O–H groups in total. The molecule has 0 saturated carbocycles. The van der Waals surface area contributed by atoms with Crippen LogP contribution < -0.4 is 10.1 Å². The van der Waals surface area contributed by atoms with Crippen LogP contribution in [0.2, 0.25) is 0 Å². The Morgan fingerprint density at radius 1 is 1.20 bits per heavy atom. The molecule has 2 aromatic rings. The number of nitrogens with zero attached hydrogens (tertiary/aromatic N) is 2. The molecular weight excluding hydrogens is 254 g/mol. The number of anilines is 1. The number of aromatic hydroxyl groups is 1. The van der Waals surface area contributed by atoms with Crippen molar-refractivity contribution in [3.8, 4) is 11.6 Å². The Balaban J connectivity index is 1.82. The highest BCUT2D eigenvalue weighted by molar-refractivity contribution is 5.37. The maximum atomic E-state index is 9.22. The standard InChI is InChI=1S/C15H19N3O2/c1-2-9-20-15-10-14(17-11-18-15)16-8-7-12-3-5-13(19)6-4-12/h3-6,10-11,19H,2,7-9H2,1H3,(H,16,17,18). The van der Waals surface area contributed by atoms with Gasteiger partial charge in [0, 0.05) is 12.6 Å². The largest absolute Gasteiger partial charge is 0.508 e. The first-order valence-electron chi connectivity index (χ1n) is 6.74. The molecule has 1 aromatic heterocycles. The van der Waals surface area contributed by atoms with Gasteiger partial charge in [0.1, 0.15) is 17.9 Å². The zero-order valence-corrected chi connectivity index (χ0v) is 11.5. The van der Waals surface area contributed by atoms with Crippen LogP contribution in [0.4, 0.5) is 5.82 Å². The molecule has 20 heavy (non-hydrogen) atoms. The minimum absolute atomic E-state index is 0.287. The molecule has 0 aliphatic heterocycles. The van der Waals surface area contributed by atoms with E-state index in [-0.39, 0.29) is 5.75 Å². The van der Waals surface area contributed by atoms with Gasteiger partial charge in [-0.1, -0.05) is 19.1 Å². The molecule has 1 heterocycles. The van der Waals surface area contributed by atoms with Gasteiger partial charge in [0.2, 0.25) is 5.88 Å². The molecule has 0 unspecified atom stereocenters. The summed E-state index contributed by atoms with van der Waals surface area (Å²) >= 11 is 0. The van der Waals surface area contributed by atoms with Crippen molar-refractivity contribution in [3.63, 3.8) is 0 Å². The van der Waals surface area contributed by atoms with Crippen LogP contribution in [0.15, 0.2) is 36.7 Å². The summed E-state index contributed by atoms with van der Waals surface area (Å²) in [6, 6.07) is 9.00. The number of benzene rings is 1. The lowest BCUT2D eigenvalue weighted by Crippen LogP contribution is -2.07. The minimum Gasteiger partial charge on any atom is -0.508 e. The number of rotatable bonds is 7. The molecule has 0 aliphatic carbocycles. The van der Waals surface area contributed by atoms with E-state index in [1.807, 2.05) is 12.1 Å². The number of hydrogen-bond acceptors (Lipinski definition) is 5. The fourth-order valence-corrected chi connectivity index (χ4v) is 1.72. The zero-order chi connectivity index (χ0) is 14.2. The third-order valence-electron chi connectivity index (χ3n) is 2.75. The van der Waals surface area contributed by atoms with Crippen molar-refractivity contribution in [1.82, 2.24) is 9.97 Å².